The number of nitrogens with zero attached hydrogens (tertiary/aromatic N) is 3. The number of carbonyl (C=O) groups excluding carboxylic acids is 1. The van der Waals surface area contributed by atoms with Gasteiger partial charge in [-0.3, -0.25) is 14.5 Å². The highest BCUT2D eigenvalue weighted by molar-refractivity contribution is 5.92. The van der Waals surface area contributed by atoms with Crippen molar-refractivity contribution in [3.63, 3.8) is 0 Å². The molecule has 0 unspecified atom stereocenters. The largest absolute Gasteiger partial charge is 0.347 e. The lowest BCUT2D eigenvalue weighted by atomic mass is 10.2. The Kier molecular flexibility index (Phi) is 3.49. The van der Waals surface area contributed by atoms with E-state index in [1.807, 2.05) is 19.1 Å². The Morgan fingerprint density at radius 2 is 2.12 bits per heavy atom. The van der Waals surface area contributed by atoms with Crippen LogP contribution in [0.3, 0.4) is 0 Å². The Labute approximate surface area is 99.5 Å². The number of pyridine rings is 1. The Morgan fingerprint density at radius 3 is 2.76 bits per heavy atom. The molecule has 0 atom stereocenters. The normalized spacial score (nSPS) is 10.2. The predicted octanol–water partition coefficient (Wildman–Crippen LogP) is 1.23. The number of hydrogen-bond donors (Lipinski definition) is 1. The Hall–Kier alpha value is -2.17. The van der Waals surface area contributed by atoms with Crippen molar-refractivity contribution >= 4 is 5.91 Å². The number of aromatic nitrogens is 3. The molecule has 0 saturated carbocycles. The zero-order valence-electron chi connectivity index (χ0n) is 9.63. The summed E-state index contributed by atoms with van der Waals surface area (Å²) >= 11 is 0. The van der Waals surface area contributed by atoms with Gasteiger partial charge in [0, 0.05) is 31.7 Å². The highest BCUT2D eigenvalue weighted by Gasteiger charge is 2.08. The molecule has 2 heterocycles. The van der Waals surface area contributed by atoms with Gasteiger partial charge in [0.05, 0.1) is 0 Å². The van der Waals surface area contributed by atoms with E-state index in [-0.39, 0.29) is 5.91 Å². The zero-order valence-corrected chi connectivity index (χ0v) is 9.63. The fourth-order valence-electron chi connectivity index (χ4n) is 1.43. The minimum Gasteiger partial charge on any atom is -0.347 e. The second-order valence-corrected chi connectivity index (χ2v) is 3.59. The van der Waals surface area contributed by atoms with Gasteiger partial charge < -0.3 is 5.32 Å². The molecule has 0 fully saturated rings. The molecule has 0 aliphatic heterocycles. The van der Waals surface area contributed by atoms with E-state index in [0.717, 1.165) is 12.1 Å². The molecule has 0 spiro atoms. The summed E-state index contributed by atoms with van der Waals surface area (Å²) in [5, 5.41) is 6.94. The van der Waals surface area contributed by atoms with Gasteiger partial charge in [0.15, 0.2) is 0 Å². The zero-order chi connectivity index (χ0) is 12.1. The molecule has 1 N–H and O–H groups in total. The summed E-state index contributed by atoms with van der Waals surface area (Å²) in [6.07, 6.45) is 5.20. The van der Waals surface area contributed by atoms with E-state index in [0.29, 0.717) is 12.2 Å². The van der Waals surface area contributed by atoms with E-state index in [4.69, 9.17) is 0 Å². The Morgan fingerprint density at radius 1 is 1.35 bits per heavy atom. The van der Waals surface area contributed by atoms with Crippen LogP contribution in [-0.2, 0) is 13.1 Å². The summed E-state index contributed by atoms with van der Waals surface area (Å²) in [7, 11) is 0. The molecular weight excluding hydrogens is 216 g/mol. The smallest absolute Gasteiger partial charge is 0.272 e. The molecule has 2 rings (SSSR count). The first-order chi connectivity index (χ1) is 8.29. The molecule has 2 aromatic heterocycles. The van der Waals surface area contributed by atoms with Gasteiger partial charge in [0.25, 0.3) is 5.91 Å². The summed E-state index contributed by atoms with van der Waals surface area (Å²) < 4.78 is 1.72. The number of amides is 1. The maximum atomic E-state index is 11.7. The van der Waals surface area contributed by atoms with Crippen LogP contribution in [0.2, 0.25) is 0 Å². The van der Waals surface area contributed by atoms with Crippen molar-refractivity contribution in [3.8, 4) is 0 Å². The summed E-state index contributed by atoms with van der Waals surface area (Å²) in [4.78, 5) is 15.7. The summed E-state index contributed by atoms with van der Waals surface area (Å²) in [5.74, 6) is -0.158. The Bertz CT molecular complexity index is 492. The van der Waals surface area contributed by atoms with Crippen LogP contribution in [-0.4, -0.2) is 20.7 Å². The van der Waals surface area contributed by atoms with Crippen molar-refractivity contribution in [1.29, 1.82) is 0 Å². The summed E-state index contributed by atoms with van der Waals surface area (Å²) in [5.41, 5.74) is 1.46. The molecule has 88 valence electrons. The van der Waals surface area contributed by atoms with Crippen molar-refractivity contribution in [2.45, 2.75) is 20.0 Å². The summed E-state index contributed by atoms with van der Waals surface area (Å²) in [6, 6.07) is 5.45. The van der Waals surface area contributed by atoms with E-state index in [9.17, 15) is 4.79 Å². The van der Waals surface area contributed by atoms with Gasteiger partial charge in [0.2, 0.25) is 0 Å². The number of aryl methyl sites for hydroxylation is 1. The molecule has 0 saturated heterocycles. The lowest BCUT2D eigenvalue weighted by Gasteiger charge is -2.02. The first-order valence-electron chi connectivity index (χ1n) is 5.50. The molecular formula is C12H14N4O. The van der Waals surface area contributed by atoms with E-state index >= 15 is 0 Å². The molecule has 1 amide bonds. The first-order valence-corrected chi connectivity index (χ1v) is 5.50. The van der Waals surface area contributed by atoms with Crippen molar-refractivity contribution in [1.82, 2.24) is 20.1 Å². The minimum atomic E-state index is -0.158. The monoisotopic (exact) mass is 230 g/mol. The van der Waals surface area contributed by atoms with Crippen LogP contribution >= 0.6 is 0 Å². The number of hydrogen-bond acceptors (Lipinski definition) is 3. The molecule has 0 radical (unpaired) electrons. The van der Waals surface area contributed by atoms with Crippen LogP contribution in [0.25, 0.3) is 0 Å². The molecule has 2 aromatic rings. The maximum absolute atomic E-state index is 11.7. The van der Waals surface area contributed by atoms with Crippen LogP contribution in [0.15, 0.2) is 36.8 Å². The molecule has 0 bridgehead atoms. The van der Waals surface area contributed by atoms with Crippen molar-refractivity contribution in [2.24, 2.45) is 0 Å². The predicted molar refractivity (Wildman–Crippen MR) is 63.3 cm³/mol. The lowest BCUT2D eigenvalue weighted by Crippen LogP contribution is -2.23. The molecule has 0 aliphatic carbocycles. The third-order valence-corrected chi connectivity index (χ3v) is 2.40. The second kappa shape index (κ2) is 5.25. The van der Waals surface area contributed by atoms with Gasteiger partial charge in [0.1, 0.15) is 5.69 Å². The molecule has 5 heteroatoms. The van der Waals surface area contributed by atoms with Crippen LogP contribution in [0.1, 0.15) is 23.0 Å². The summed E-state index contributed by atoms with van der Waals surface area (Å²) in [6.45, 7) is 3.23. The van der Waals surface area contributed by atoms with Crippen molar-refractivity contribution < 1.29 is 4.79 Å². The van der Waals surface area contributed by atoms with Crippen LogP contribution in [0, 0.1) is 0 Å². The van der Waals surface area contributed by atoms with E-state index < -0.39 is 0 Å². The lowest BCUT2D eigenvalue weighted by molar-refractivity contribution is 0.0945. The van der Waals surface area contributed by atoms with E-state index in [2.05, 4.69) is 15.4 Å². The van der Waals surface area contributed by atoms with Gasteiger partial charge in [-0.25, -0.2) is 0 Å². The molecule has 0 aliphatic rings. The van der Waals surface area contributed by atoms with Crippen LogP contribution in [0.5, 0.6) is 0 Å². The highest BCUT2D eigenvalue weighted by atomic mass is 16.1. The number of rotatable bonds is 4. The van der Waals surface area contributed by atoms with E-state index in [1.165, 1.54) is 0 Å². The quantitative estimate of drug-likeness (QED) is 0.859. The molecule has 0 aromatic carbocycles. The average Bonchev–Trinajstić information content (AvgIpc) is 2.86. The van der Waals surface area contributed by atoms with Gasteiger partial charge in [-0.1, -0.05) is 0 Å². The van der Waals surface area contributed by atoms with Gasteiger partial charge in [-0.2, -0.15) is 5.10 Å². The standard InChI is InChI=1S/C12H14N4O/c1-2-16-8-5-11(15-16)12(17)14-9-10-3-6-13-7-4-10/h3-8H,2,9H2,1H3,(H,14,17). The van der Waals surface area contributed by atoms with Gasteiger partial charge >= 0.3 is 0 Å². The van der Waals surface area contributed by atoms with Crippen LogP contribution in [0.4, 0.5) is 0 Å². The first kappa shape index (κ1) is 11.3. The highest BCUT2D eigenvalue weighted by Crippen LogP contribution is 1.98. The molecule has 5 nitrogen and oxygen atoms in total. The fraction of sp³-hybridized carbons (Fsp3) is 0.250. The topological polar surface area (TPSA) is 59.8 Å². The average molecular weight is 230 g/mol. The second-order valence-electron chi connectivity index (χ2n) is 3.59. The third-order valence-electron chi connectivity index (χ3n) is 2.40. The van der Waals surface area contributed by atoms with Crippen molar-refractivity contribution in [2.75, 3.05) is 0 Å². The van der Waals surface area contributed by atoms with Crippen LogP contribution < -0.4 is 5.32 Å². The molecule has 17 heavy (non-hydrogen) atoms. The van der Waals surface area contributed by atoms with E-state index in [1.54, 1.807) is 29.3 Å². The number of nitrogens with one attached hydrogen (secondary N) is 1. The maximum Gasteiger partial charge on any atom is 0.272 e. The van der Waals surface area contributed by atoms with Gasteiger partial charge in [-0.05, 0) is 30.7 Å². The third kappa shape index (κ3) is 2.90. The van der Waals surface area contributed by atoms with Crippen molar-refractivity contribution in [3.05, 3.63) is 48.0 Å². The minimum absolute atomic E-state index is 0.158. The Balaban J connectivity index is 1.93. The van der Waals surface area contributed by atoms with Gasteiger partial charge in [-0.15, -0.1) is 0 Å². The fourth-order valence-corrected chi connectivity index (χ4v) is 1.43. The SMILES string of the molecule is CCn1ccc(C(=O)NCc2ccncc2)n1. The number of carbonyl (C=O) groups is 1.